The Hall–Kier alpha value is -1.94. The number of nitrogens with two attached hydrogens (primary N) is 1. The molecule has 4 heteroatoms. The van der Waals surface area contributed by atoms with Crippen molar-refractivity contribution in [2.24, 2.45) is 5.73 Å². The number of aryl methyl sites for hydroxylation is 1. The van der Waals surface area contributed by atoms with E-state index in [0.717, 1.165) is 17.7 Å². The van der Waals surface area contributed by atoms with Gasteiger partial charge in [0.15, 0.2) is 0 Å². The first-order valence-corrected chi connectivity index (χ1v) is 6.61. The standard InChI is InChI=1S/C15H19N3O/c1-2-3-4-12-5-7-14(8-6-12)19-15-13(11-16)9-10-17-18-15/h5-10H,2-4,11,16H2,1H3. The second-order valence-corrected chi connectivity index (χ2v) is 4.42. The van der Waals surface area contributed by atoms with E-state index in [1.54, 1.807) is 6.20 Å². The highest BCUT2D eigenvalue weighted by molar-refractivity contribution is 5.33. The SMILES string of the molecule is CCCCc1ccc(Oc2nnccc2CN)cc1. The van der Waals surface area contributed by atoms with Crippen LogP contribution in [0.25, 0.3) is 0 Å². The Labute approximate surface area is 113 Å². The van der Waals surface area contributed by atoms with Crippen molar-refractivity contribution in [1.29, 1.82) is 0 Å². The number of hydrogen-bond donors (Lipinski definition) is 1. The molecule has 1 aromatic heterocycles. The average molecular weight is 257 g/mol. The molecule has 100 valence electrons. The normalized spacial score (nSPS) is 10.4. The Bertz CT molecular complexity index is 511. The van der Waals surface area contributed by atoms with Crippen molar-refractivity contribution in [3.05, 3.63) is 47.7 Å². The maximum Gasteiger partial charge on any atom is 0.243 e. The van der Waals surface area contributed by atoms with E-state index in [1.165, 1.54) is 18.4 Å². The van der Waals surface area contributed by atoms with E-state index in [1.807, 2.05) is 18.2 Å². The topological polar surface area (TPSA) is 61.0 Å². The highest BCUT2D eigenvalue weighted by atomic mass is 16.5. The van der Waals surface area contributed by atoms with Crippen molar-refractivity contribution >= 4 is 0 Å². The van der Waals surface area contributed by atoms with Gasteiger partial charge in [-0.1, -0.05) is 25.5 Å². The summed E-state index contributed by atoms with van der Waals surface area (Å²) in [5.41, 5.74) is 7.81. The summed E-state index contributed by atoms with van der Waals surface area (Å²) < 4.78 is 5.71. The van der Waals surface area contributed by atoms with Crippen molar-refractivity contribution in [3.63, 3.8) is 0 Å². The fourth-order valence-corrected chi connectivity index (χ4v) is 1.80. The lowest BCUT2D eigenvalue weighted by Gasteiger charge is -2.08. The third-order valence-electron chi connectivity index (χ3n) is 2.94. The van der Waals surface area contributed by atoms with Crippen molar-refractivity contribution in [2.75, 3.05) is 0 Å². The van der Waals surface area contributed by atoms with E-state index in [9.17, 15) is 0 Å². The summed E-state index contributed by atoms with van der Waals surface area (Å²) >= 11 is 0. The molecular formula is C15H19N3O. The predicted octanol–water partition coefficient (Wildman–Crippen LogP) is 3.07. The molecule has 2 aromatic rings. The fraction of sp³-hybridized carbons (Fsp3) is 0.333. The number of nitrogens with zero attached hydrogens (tertiary/aromatic N) is 2. The van der Waals surface area contributed by atoms with Crippen LogP contribution in [-0.4, -0.2) is 10.2 Å². The summed E-state index contributed by atoms with van der Waals surface area (Å²) in [4.78, 5) is 0. The van der Waals surface area contributed by atoms with Gasteiger partial charge in [-0.25, -0.2) is 0 Å². The van der Waals surface area contributed by atoms with Crippen LogP contribution in [0.3, 0.4) is 0 Å². The summed E-state index contributed by atoms with van der Waals surface area (Å²) in [6.07, 6.45) is 5.14. The number of aromatic nitrogens is 2. The zero-order chi connectivity index (χ0) is 13.5. The third kappa shape index (κ3) is 3.76. The molecule has 0 saturated carbocycles. The van der Waals surface area contributed by atoms with Gasteiger partial charge in [-0.05, 0) is 36.6 Å². The molecule has 0 spiro atoms. The minimum Gasteiger partial charge on any atom is -0.437 e. The molecule has 0 atom stereocenters. The summed E-state index contributed by atoms with van der Waals surface area (Å²) in [5, 5.41) is 7.78. The number of hydrogen-bond acceptors (Lipinski definition) is 4. The number of unbranched alkanes of at least 4 members (excludes halogenated alkanes) is 1. The van der Waals surface area contributed by atoms with Gasteiger partial charge in [0.2, 0.25) is 5.88 Å². The van der Waals surface area contributed by atoms with E-state index in [4.69, 9.17) is 10.5 Å². The molecule has 0 unspecified atom stereocenters. The Balaban J connectivity index is 2.06. The van der Waals surface area contributed by atoms with Crippen molar-refractivity contribution in [1.82, 2.24) is 10.2 Å². The maximum atomic E-state index is 5.71. The quantitative estimate of drug-likeness (QED) is 0.864. The van der Waals surface area contributed by atoms with Gasteiger partial charge in [-0.15, -0.1) is 5.10 Å². The van der Waals surface area contributed by atoms with E-state index < -0.39 is 0 Å². The number of benzene rings is 1. The van der Waals surface area contributed by atoms with Crippen molar-refractivity contribution < 1.29 is 4.74 Å². The summed E-state index contributed by atoms with van der Waals surface area (Å²) in [5.74, 6) is 1.24. The van der Waals surface area contributed by atoms with E-state index >= 15 is 0 Å². The second-order valence-electron chi connectivity index (χ2n) is 4.42. The smallest absolute Gasteiger partial charge is 0.243 e. The van der Waals surface area contributed by atoms with Crippen LogP contribution < -0.4 is 10.5 Å². The highest BCUT2D eigenvalue weighted by Gasteiger charge is 2.05. The van der Waals surface area contributed by atoms with E-state index in [-0.39, 0.29) is 0 Å². The van der Waals surface area contributed by atoms with Gasteiger partial charge in [0.25, 0.3) is 0 Å². The van der Waals surface area contributed by atoms with Gasteiger partial charge < -0.3 is 10.5 Å². The molecule has 19 heavy (non-hydrogen) atoms. The van der Waals surface area contributed by atoms with Crippen LogP contribution in [-0.2, 0) is 13.0 Å². The van der Waals surface area contributed by atoms with E-state index in [0.29, 0.717) is 12.4 Å². The fourth-order valence-electron chi connectivity index (χ4n) is 1.80. The minimum atomic E-state index is 0.388. The zero-order valence-electron chi connectivity index (χ0n) is 11.2. The van der Waals surface area contributed by atoms with Gasteiger partial charge in [0, 0.05) is 12.1 Å². The first-order valence-electron chi connectivity index (χ1n) is 6.61. The Morgan fingerprint density at radius 2 is 1.95 bits per heavy atom. The molecule has 2 rings (SSSR count). The highest BCUT2D eigenvalue weighted by Crippen LogP contribution is 2.22. The molecule has 0 aliphatic carbocycles. The van der Waals surface area contributed by atoms with Gasteiger partial charge in [-0.2, -0.15) is 5.10 Å². The van der Waals surface area contributed by atoms with Gasteiger partial charge in [-0.3, -0.25) is 0 Å². The molecule has 0 bridgehead atoms. The summed E-state index contributed by atoms with van der Waals surface area (Å²) in [6.45, 7) is 2.58. The average Bonchev–Trinajstić information content (AvgIpc) is 2.47. The number of ether oxygens (including phenoxy) is 1. The first-order chi connectivity index (χ1) is 9.33. The Morgan fingerprint density at radius 1 is 1.16 bits per heavy atom. The molecule has 4 nitrogen and oxygen atoms in total. The molecule has 0 fully saturated rings. The predicted molar refractivity (Wildman–Crippen MR) is 75.1 cm³/mol. The molecule has 0 saturated heterocycles. The lowest BCUT2D eigenvalue weighted by molar-refractivity contribution is 0.448. The largest absolute Gasteiger partial charge is 0.437 e. The zero-order valence-corrected chi connectivity index (χ0v) is 11.2. The first kappa shape index (κ1) is 13.5. The van der Waals surface area contributed by atoms with Crippen LogP contribution in [0.15, 0.2) is 36.5 Å². The van der Waals surface area contributed by atoms with E-state index in [2.05, 4.69) is 29.3 Å². The van der Waals surface area contributed by atoms with Crippen LogP contribution in [0.4, 0.5) is 0 Å². The van der Waals surface area contributed by atoms with Gasteiger partial charge >= 0.3 is 0 Å². The molecule has 1 heterocycles. The van der Waals surface area contributed by atoms with Crippen LogP contribution in [0.5, 0.6) is 11.6 Å². The molecule has 0 aliphatic heterocycles. The molecule has 1 aromatic carbocycles. The Kier molecular flexibility index (Phi) is 4.86. The molecule has 0 amide bonds. The molecule has 0 radical (unpaired) electrons. The van der Waals surface area contributed by atoms with Gasteiger partial charge in [0.1, 0.15) is 5.75 Å². The molecular weight excluding hydrogens is 238 g/mol. The van der Waals surface area contributed by atoms with Crippen LogP contribution in [0.1, 0.15) is 30.9 Å². The van der Waals surface area contributed by atoms with Crippen molar-refractivity contribution in [3.8, 4) is 11.6 Å². The third-order valence-corrected chi connectivity index (χ3v) is 2.94. The number of rotatable bonds is 6. The molecule has 2 N–H and O–H groups in total. The van der Waals surface area contributed by atoms with Gasteiger partial charge in [0.05, 0.1) is 6.20 Å². The monoisotopic (exact) mass is 257 g/mol. The summed E-state index contributed by atoms with van der Waals surface area (Å²) in [7, 11) is 0. The summed E-state index contributed by atoms with van der Waals surface area (Å²) in [6, 6.07) is 9.91. The lowest BCUT2D eigenvalue weighted by Crippen LogP contribution is -2.02. The van der Waals surface area contributed by atoms with Crippen LogP contribution in [0, 0.1) is 0 Å². The van der Waals surface area contributed by atoms with Crippen LogP contribution >= 0.6 is 0 Å². The second kappa shape index (κ2) is 6.85. The maximum absolute atomic E-state index is 5.71. The lowest BCUT2D eigenvalue weighted by atomic mass is 10.1. The van der Waals surface area contributed by atoms with Crippen molar-refractivity contribution in [2.45, 2.75) is 32.7 Å². The van der Waals surface area contributed by atoms with Crippen LogP contribution in [0.2, 0.25) is 0 Å². The minimum absolute atomic E-state index is 0.388. The molecule has 0 aliphatic rings. The Morgan fingerprint density at radius 3 is 2.63 bits per heavy atom.